The zero-order chi connectivity index (χ0) is 21.2. The number of nitrogens with zero attached hydrogens (tertiary/aromatic N) is 2. The summed E-state index contributed by atoms with van der Waals surface area (Å²) in [5, 5.41) is 12.6. The van der Waals surface area contributed by atoms with Crippen LogP contribution in [0.1, 0.15) is 45.6 Å². The standard InChI is InChI=1S/C23H35N3O3/c1-23(2,3)12-20(25(4)22(28)29)21(27)24-19-11-10-17-14-26(15-18(17)19)13-16-8-6-5-7-9-16/h5-9,17-20H,10-15H2,1-4H3,(H,24,27)(H,28,29)/t17-,18+,19+,20+/m1/s1. The number of carboxylic acid groups (broad SMARTS) is 1. The van der Waals surface area contributed by atoms with E-state index in [1.54, 1.807) is 0 Å². The van der Waals surface area contributed by atoms with Crippen LogP contribution in [0.2, 0.25) is 0 Å². The minimum atomic E-state index is -1.06. The molecule has 2 fully saturated rings. The number of hydrogen-bond acceptors (Lipinski definition) is 3. The van der Waals surface area contributed by atoms with E-state index in [1.165, 1.54) is 12.6 Å². The van der Waals surface area contributed by atoms with Gasteiger partial charge in [-0.15, -0.1) is 0 Å². The predicted octanol–water partition coefficient (Wildman–Crippen LogP) is 3.43. The van der Waals surface area contributed by atoms with Crippen LogP contribution < -0.4 is 5.32 Å². The maximum atomic E-state index is 13.1. The molecule has 1 saturated heterocycles. The number of likely N-dealkylation sites (N-methyl/N-ethyl adjacent to an activating group) is 1. The molecule has 1 heterocycles. The molecule has 4 atom stereocenters. The summed E-state index contributed by atoms with van der Waals surface area (Å²) in [5.74, 6) is 0.910. The molecule has 1 aliphatic heterocycles. The summed E-state index contributed by atoms with van der Waals surface area (Å²) in [5.41, 5.74) is 1.19. The number of benzene rings is 1. The molecule has 0 unspecified atom stereocenters. The van der Waals surface area contributed by atoms with E-state index in [4.69, 9.17) is 0 Å². The molecule has 6 nitrogen and oxygen atoms in total. The second kappa shape index (κ2) is 8.74. The molecule has 1 aromatic carbocycles. The lowest BCUT2D eigenvalue weighted by atomic mass is 9.87. The van der Waals surface area contributed by atoms with Gasteiger partial charge in [-0.3, -0.25) is 14.6 Å². The fourth-order valence-corrected chi connectivity index (χ4v) is 4.91. The fraction of sp³-hybridized carbons (Fsp3) is 0.652. The molecule has 3 rings (SSSR count). The van der Waals surface area contributed by atoms with Gasteiger partial charge in [0, 0.05) is 32.7 Å². The van der Waals surface area contributed by atoms with Crippen LogP contribution in [0.15, 0.2) is 30.3 Å². The maximum Gasteiger partial charge on any atom is 0.407 e. The Hall–Kier alpha value is -2.08. The first kappa shape index (κ1) is 21.6. The lowest BCUT2D eigenvalue weighted by molar-refractivity contribution is -0.127. The number of carbonyl (C=O) groups excluding carboxylic acids is 1. The van der Waals surface area contributed by atoms with Crippen molar-refractivity contribution in [3.63, 3.8) is 0 Å². The zero-order valence-corrected chi connectivity index (χ0v) is 18.1. The van der Waals surface area contributed by atoms with Gasteiger partial charge in [0.25, 0.3) is 0 Å². The van der Waals surface area contributed by atoms with Crippen LogP contribution in [0.3, 0.4) is 0 Å². The van der Waals surface area contributed by atoms with Crippen molar-refractivity contribution in [2.24, 2.45) is 17.3 Å². The minimum absolute atomic E-state index is 0.135. The summed E-state index contributed by atoms with van der Waals surface area (Å²) < 4.78 is 0. The van der Waals surface area contributed by atoms with E-state index < -0.39 is 12.1 Å². The van der Waals surface area contributed by atoms with Crippen LogP contribution in [0.25, 0.3) is 0 Å². The quantitative estimate of drug-likeness (QED) is 0.766. The normalized spacial score (nSPS) is 25.4. The number of nitrogens with one attached hydrogen (secondary N) is 1. The van der Waals surface area contributed by atoms with Crippen molar-refractivity contribution < 1.29 is 14.7 Å². The van der Waals surface area contributed by atoms with Gasteiger partial charge in [0.15, 0.2) is 0 Å². The second-order valence-corrected chi connectivity index (χ2v) is 9.97. The van der Waals surface area contributed by atoms with Gasteiger partial charge in [-0.25, -0.2) is 4.79 Å². The molecule has 1 aromatic rings. The van der Waals surface area contributed by atoms with E-state index in [-0.39, 0.29) is 17.4 Å². The Morgan fingerprint density at radius 1 is 1.21 bits per heavy atom. The number of fused-ring (bicyclic) bond motifs is 1. The van der Waals surface area contributed by atoms with Crippen molar-refractivity contribution in [1.82, 2.24) is 15.1 Å². The van der Waals surface area contributed by atoms with E-state index in [9.17, 15) is 14.7 Å². The molecule has 6 heteroatoms. The Morgan fingerprint density at radius 2 is 1.90 bits per heavy atom. The molecule has 0 aromatic heterocycles. The van der Waals surface area contributed by atoms with Gasteiger partial charge in [-0.2, -0.15) is 0 Å². The lowest BCUT2D eigenvalue weighted by Gasteiger charge is -2.32. The molecule has 1 aliphatic carbocycles. The lowest BCUT2D eigenvalue weighted by Crippen LogP contribution is -2.52. The first-order chi connectivity index (χ1) is 13.6. The third kappa shape index (κ3) is 5.50. The van der Waals surface area contributed by atoms with Gasteiger partial charge in [0.2, 0.25) is 5.91 Å². The van der Waals surface area contributed by atoms with Gasteiger partial charge in [0.1, 0.15) is 6.04 Å². The highest BCUT2D eigenvalue weighted by molar-refractivity contribution is 5.85. The van der Waals surface area contributed by atoms with Crippen LogP contribution in [-0.2, 0) is 11.3 Å². The Morgan fingerprint density at radius 3 is 2.52 bits per heavy atom. The monoisotopic (exact) mass is 401 g/mol. The molecular weight excluding hydrogens is 366 g/mol. The van der Waals surface area contributed by atoms with Crippen molar-refractivity contribution in [2.45, 2.75) is 58.7 Å². The minimum Gasteiger partial charge on any atom is -0.465 e. The molecule has 1 saturated carbocycles. The van der Waals surface area contributed by atoms with Crippen LogP contribution in [0, 0.1) is 17.3 Å². The number of amides is 2. The van der Waals surface area contributed by atoms with Gasteiger partial charge in [-0.1, -0.05) is 51.1 Å². The van der Waals surface area contributed by atoms with Crippen molar-refractivity contribution >= 4 is 12.0 Å². The molecule has 0 spiro atoms. The fourth-order valence-electron chi connectivity index (χ4n) is 4.91. The smallest absolute Gasteiger partial charge is 0.407 e. The average Bonchev–Trinajstić information content (AvgIpc) is 3.20. The third-order valence-electron chi connectivity index (χ3n) is 6.39. The van der Waals surface area contributed by atoms with Crippen LogP contribution in [0.5, 0.6) is 0 Å². The van der Waals surface area contributed by atoms with Crippen LogP contribution in [0.4, 0.5) is 4.79 Å². The second-order valence-electron chi connectivity index (χ2n) is 9.97. The summed E-state index contributed by atoms with van der Waals surface area (Å²) in [4.78, 5) is 28.2. The molecule has 0 radical (unpaired) electrons. The van der Waals surface area contributed by atoms with Gasteiger partial charge in [0.05, 0.1) is 0 Å². The SMILES string of the molecule is CN(C(=O)O)[C@@H](CC(C)(C)C)C(=O)N[C@H]1CC[C@@H]2CN(Cc3ccccc3)C[C@@H]21. The molecule has 2 amide bonds. The van der Waals surface area contributed by atoms with Crippen LogP contribution >= 0.6 is 0 Å². The molecule has 2 aliphatic rings. The van der Waals surface area contributed by atoms with Crippen LogP contribution in [-0.4, -0.2) is 59.1 Å². The van der Waals surface area contributed by atoms with Gasteiger partial charge < -0.3 is 10.4 Å². The van der Waals surface area contributed by atoms with E-state index in [1.807, 2.05) is 26.8 Å². The zero-order valence-electron chi connectivity index (χ0n) is 18.1. The highest BCUT2D eigenvalue weighted by atomic mass is 16.4. The van der Waals surface area contributed by atoms with Crippen molar-refractivity contribution in [3.8, 4) is 0 Å². The third-order valence-corrected chi connectivity index (χ3v) is 6.39. The molecular formula is C23H35N3O3. The van der Waals surface area contributed by atoms with E-state index >= 15 is 0 Å². The number of rotatable bonds is 6. The number of hydrogen-bond donors (Lipinski definition) is 2. The Labute approximate surface area is 174 Å². The topological polar surface area (TPSA) is 72.9 Å². The molecule has 29 heavy (non-hydrogen) atoms. The molecule has 2 N–H and O–H groups in total. The Bertz CT molecular complexity index is 716. The summed E-state index contributed by atoms with van der Waals surface area (Å²) in [6.45, 7) is 9.12. The molecule has 160 valence electrons. The van der Waals surface area contributed by atoms with Crippen molar-refractivity contribution in [1.29, 1.82) is 0 Å². The highest BCUT2D eigenvalue weighted by Crippen LogP contribution is 2.39. The largest absolute Gasteiger partial charge is 0.465 e. The molecule has 0 bridgehead atoms. The van der Waals surface area contributed by atoms with Gasteiger partial charge >= 0.3 is 6.09 Å². The summed E-state index contributed by atoms with van der Waals surface area (Å²) >= 11 is 0. The predicted molar refractivity (Wildman–Crippen MR) is 114 cm³/mol. The maximum absolute atomic E-state index is 13.1. The Balaban J connectivity index is 1.61. The van der Waals surface area contributed by atoms with Crippen molar-refractivity contribution in [3.05, 3.63) is 35.9 Å². The van der Waals surface area contributed by atoms with E-state index in [0.29, 0.717) is 18.3 Å². The first-order valence-corrected chi connectivity index (χ1v) is 10.7. The first-order valence-electron chi connectivity index (χ1n) is 10.7. The summed E-state index contributed by atoms with van der Waals surface area (Å²) in [6.07, 6.45) is 1.55. The van der Waals surface area contributed by atoms with E-state index in [2.05, 4.69) is 34.5 Å². The summed E-state index contributed by atoms with van der Waals surface area (Å²) in [7, 11) is 1.49. The van der Waals surface area contributed by atoms with E-state index in [0.717, 1.165) is 37.4 Å². The summed E-state index contributed by atoms with van der Waals surface area (Å²) in [6, 6.07) is 9.98. The number of likely N-dealkylation sites (tertiary alicyclic amines) is 1. The Kier molecular flexibility index (Phi) is 6.52. The highest BCUT2D eigenvalue weighted by Gasteiger charge is 2.44. The average molecular weight is 402 g/mol. The number of carbonyl (C=O) groups is 2. The van der Waals surface area contributed by atoms with Gasteiger partial charge in [-0.05, 0) is 42.1 Å². The van der Waals surface area contributed by atoms with Crippen molar-refractivity contribution in [2.75, 3.05) is 20.1 Å².